The predicted molar refractivity (Wildman–Crippen MR) is 269 cm³/mol. The molecule has 0 spiro atoms. The van der Waals surface area contributed by atoms with Crippen molar-refractivity contribution in [2.75, 3.05) is 0 Å². The zero-order chi connectivity index (χ0) is 43.2. The third-order valence-corrected chi connectivity index (χ3v) is 14.1. The fourth-order valence-corrected chi connectivity index (χ4v) is 11.1. The topological polar surface area (TPSA) is 48.5 Å². The smallest absolute Gasteiger partial charge is 0.238 e. The molecule has 0 saturated carbocycles. The molecule has 0 N–H and O–H groups in total. The summed E-state index contributed by atoms with van der Waals surface area (Å²) in [6.45, 7) is 4.81. The minimum absolute atomic E-state index is 0.269. The van der Waals surface area contributed by atoms with Gasteiger partial charge in [-0.15, -0.1) is 0 Å². The number of hydrogen-bond acceptors (Lipinski definition) is 3. The molecular weight excluding hydrogens is 791 g/mol. The Morgan fingerprint density at radius 2 is 1.09 bits per heavy atom. The van der Waals surface area contributed by atoms with Crippen LogP contribution >= 0.6 is 0 Å². The van der Waals surface area contributed by atoms with Crippen LogP contribution in [0.2, 0.25) is 0 Å². The standard InChI is InChI=1S/C60H45N5/c1-60(2)50-27-15-12-24-44(50)49-36-43(40-32-30-39(31-33-40)38-18-6-3-7-19-38)37-53(54(49)60)64-51-28-16-13-25-45(51)47-34-35-48-46-26-14-17-29-52(46)65(56(48)55(47)64)59-62-57(41-20-8-4-9-21-41)61-58(63-59)42-22-10-5-11-23-42/h3-4,6-10,12-30,32,34-37H,5,11,31,33H2,1-2H3. The molecule has 13 rings (SSSR count). The Morgan fingerprint density at radius 1 is 0.492 bits per heavy atom. The van der Waals surface area contributed by atoms with Gasteiger partial charge in [0.2, 0.25) is 5.95 Å². The summed E-state index contributed by atoms with van der Waals surface area (Å²) in [5, 5.41) is 4.70. The predicted octanol–water partition coefficient (Wildman–Crippen LogP) is 15.0. The molecule has 3 aliphatic rings. The number of aromatic nitrogens is 5. The molecule has 5 nitrogen and oxygen atoms in total. The van der Waals surface area contributed by atoms with E-state index in [0.29, 0.717) is 17.6 Å². The van der Waals surface area contributed by atoms with Crippen molar-refractivity contribution in [3.8, 4) is 34.2 Å². The quantitative estimate of drug-likeness (QED) is 0.168. The molecule has 3 aliphatic carbocycles. The molecule has 7 aromatic carbocycles. The van der Waals surface area contributed by atoms with Crippen LogP contribution in [0.15, 0.2) is 188 Å². The van der Waals surface area contributed by atoms with Crippen molar-refractivity contribution in [2.24, 2.45) is 0 Å². The Kier molecular flexibility index (Phi) is 8.44. The maximum atomic E-state index is 5.40. The van der Waals surface area contributed by atoms with E-state index in [1.54, 1.807) is 0 Å². The second-order valence-electron chi connectivity index (χ2n) is 18.2. The highest BCUT2D eigenvalue weighted by molar-refractivity contribution is 6.24. The van der Waals surface area contributed by atoms with Crippen molar-refractivity contribution in [2.45, 2.75) is 44.9 Å². The molecule has 310 valence electrons. The van der Waals surface area contributed by atoms with E-state index in [0.717, 1.165) is 64.1 Å². The molecule has 0 aliphatic heterocycles. The Bertz CT molecular complexity index is 3720. The summed E-state index contributed by atoms with van der Waals surface area (Å²) < 4.78 is 4.90. The van der Waals surface area contributed by atoms with Gasteiger partial charge in [-0.1, -0.05) is 178 Å². The maximum absolute atomic E-state index is 5.40. The molecule has 65 heavy (non-hydrogen) atoms. The lowest BCUT2D eigenvalue weighted by atomic mass is 9.80. The molecule has 0 saturated heterocycles. The lowest BCUT2D eigenvalue weighted by Crippen LogP contribution is -2.18. The van der Waals surface area contributed by atoms with Crippen LogP contribution in [-0.4, -0.2) is 24.1 Å². The first-order chi connectivity index (χ1) is 32.0. The summed E-state index contributed by atoms with van der Waals surface area (Å²) in [6.07, 6.45) is 15.3. The van der Waals surface area contributed by atoms with Gasteiger partial charge in [0.25, 0.3) is 0 Å². The first kappa shape index (κ1) is 37.6. The molecule has 3 heterocycles. The van der Waals surface area contributed by atoms with Crippen LogP contribution in [0, 0.1) is 0 Å². The lowest BCUT2D eigenvalue weighted by Gasteiger charge is -2.27. The number of nitrogens with zero attached hydrogens (tertiary/aromatic N) is 5. The second kappa shape index (κ2) is 14.6. The highest BCUT2D eigenvalue weighted by Crippen LogP contribution is 2.54. The SMILES string of the molecule is CC1(C)c2ccccc2-c2cc(C3=CC=C(c4ccccc4)CC3)cc(-n3c4ccccc4c4ccc5c6ccccc6n(-c6nc(C7=CCCC=C7)nc(-c7ccccc7)n6)c5c43)c21. The lowest BCUT2D eigenvalue weighted by molar-refractivity contribution is 0.656. The van der Waals surface area contributed by atoms with Gasteiger partial charge in [-0.05, 0) is 94.5 Å². The van der Waals surface area contributed by atoms with Crippen molar-refractivity contribution >= 4 is 60.3 Å². The fraction of sp³-hybridized carbons (Fsp3) is 0.117. The van der Waals surface area contributed by atoms with E-state index in [1.165, 1.54) is 66.5 Å². The number of allylic oxidation sites excluding steroid dienone is 8. The minimum Gasteiger partial charge on any atom is -0.307 e. The number of hydrogen-bond donors (Lipinski definition) is 0. The number of para-hydroxylation sites is 2. The fourth-order valence-electron chi connectivity index (χ4n) is 11.1. The van der Waals surface area contributed by atoms with Crippen LogP contribution in [0.25, 0.3) is 94.5 Å². The van der Waals surface area contributed by atoms with Crippen LogP contribution in [0.3, 0.4) is 0 Å². The highest BCUT2D eigenvalue weighted by Gasteiger charge is 2.39. The summed E-state index contributed by atoms with van der Waals surface area (Å²) in [4.78, 5) is 15.9. The summed E-state index contributed by atoms with van der Waals surface area (Å²) >= 11 is 0. The maximum Gasteiger partial charge on any atom is 0.238 e. The molecule has 0 bridgehead atoms. The zero-order valence-corrected chi connectivity index (χ0v) is 36.5. The van der Waals surface area contributed by atoms with Crippen LogP contribution in [0.1, 0.15) is 67.6 Å². The van der Waals surface area contributed by atoms with Crippen molar-refractivity contribution in [1.29, 1.82) is 0 Å². The van der Waals surface area contributed by atoms with E-state index < -0.39 is 0 Å². The highest BCUT2D eigenvalue weighted by atomic mass is 15.2. The summed E-state index contributed by atoms with van der Waals surface area (Å²) in [6, 6.07) is 57.5. The van der Waals surface area contributed by atoms with E-state index in [-0.39, 0.29) is 5.41 Å². The summed E-state index contributed by atoms with van der Waals surface area (Å²) in [7, 11) is 0. The van der Waals surface area contributed by atoms with Crippen molar-refractivity contribution in [3.05, 3.63) is 216 Å². The molecule has 3 aromatic heterocycles. The monoisotopic (exact) mass is 835 g/mol. The van der Waals surface area contributed by atoms with Crippen LogP contribution < -0.4 is 0 Å². The third kappa shape index (κ3) is 5.81. The van der Waals surface area contributed by atoms with Crippen LogP contribution in [0.4, 0.5) is 0 Å². The van der Waals surface area contributed by atoms with Gasteiger partial charge in [0.05, 0.1) is 27.8 Å². The average molecular weight is 836 g/mol. The van der Waals surface area contributed by atoms with Gasteiger partial charge in [0, 0.05) is 38.1 Å². The molecule has 0 unspecified atom stereocenters. The van der Waals surface area contributed by atoms with Crippen LogP contribution in [0.5, 0.6) is 0 Å². The first-order valence-electron chi connectivity index (χ1n) is 22.9. The molecular formula is C60H45N5. The van der Waals surface area contributed by atoms with Gasteiger partial charge in [-0.3, -0.25) is 4.57 Å². The largest absolute Gasteiger partial charge is 0.307 e. The minimum atomic E-state index is -0.269. The van der Waals surface area contributed by atoms with Gasteiger partial charge in [0.1, 0.15) is 0 Å². The summed E-state index contributed by atoms with van der Waals surface area (Å²) in [5.41, 5.74) is 17.9. The van der Waals surface area contributed by atoms with Gasteiger partial charge >= 0.3 is 0 Å². The van der Waals surface area contributed by atoms with E-state index >= 15 is 0 Å². The normalized spacial score (nSPS) is 15.3. The molecule has 0 radical (unpaired) electrons. The number of fused-ring (bicyclic) bond motifs is 10. The Hall–Kier alpha value is -7.89. The van der Waals surface area contributed by atoms with Crippen molar-refractivity contribution in [3.63, 3.8) is 0 Å². The molecule has 5 heteroatoms. The number of benzene rings is 7. The number of rotatable bonds is 6. The van der Waals surface area contributed by atoms with Crippen molar-refractivity contribution < 1.29 is 0 Å². The van der Waals surface area contributed by atoms with E-state index in [9.17, 15) is 0 Å². The van der Waals surface area contributed by atoms with Crippen LogP contribution in [-0.2, 0) is 5.41 Å². The van der Waals surface area contributed by atoms with Gasteiger partial charge < -0.3 is 4.57 Å². The van der Waals surface area contributed by atoms with E-state index in [4.69, 9.17) is 15.0 Å². The van der Waals surface area contributed by atoms with E-state index in [2.05, 4.69) is 205 Å². The Labute approximate surface area is 378 Å². The zero-order valence-electron chi connectivity index (χ0n) is 36.5. The Balaban J connectivity index is 1.15. The molecule has 10 aromatic rings. The first-order valence-corrected chi connectivity index (χ1v) is 22.9. The van der Waals surface area contributed by atoms with E-state index in [1.807, 2.05) is 6.07 Å². The second-order valence-corrected chi connectivity index (χ2v) is 18.2. The van der Waals surface area contributed by atoms with Gasteiger partial charge in [0.15, 0.2) is 11.6 Å². The average Bonchev–Trinajstić information content (AvgIpc) is 3.97. The van der Waals surface area contributed by atoms with Crippen molar-refractivity contribution in [1.82, 2.24) is 24.1 Å². The van der Waals surface area contributed by atoms with Gasteiger partial charge in [-0.25, -0.2) is 4.98 Å². The third-order valence-electron chi connectivity index (χ3n) is 14.1. The van der Waals surface area contributed by atoms with Gasteiger partial charge in [-0.2, -0.15) is 9.97 Å². The molecule has 0 atom stereocenters. The summed E-state index contributed by atoms with van der Waals surface area (Å²) in [5.74, 6) is 1.93. The Morgan fingerprint density at radius 3 is 1.78 bits per heavy atom. The molecule has 0 amide bonds. The molecule has 0 fully saturated rings.